The Morgan fingerprint density at radius 1 is 0.787 bits per heavy atom. The predicted molar refractivity (Wildman–Crippen MR) is 186 cm³/mol. The number of hydrogen-bond acceptors (Lipinski definition) is 4. The Balaban J connectivity index is 1.62. The topological polar surface area (TPSA) is 95.7 Å². The van der Waals surface area contributed by atoms with E-state index in [2.05, 4.69) is 5.32 Å². The quantitative estimate of drug-likeness (QED) is 0.180. The van der Waals surface area contributed by atoms with Crippen LogP contribution in [0.2, 0.25) is 0 Å². The van der Waals surface area contributed by atoms with Gasteiger partial charge in [0.05, 0.1) is 0 Å². The molecule has 8 heteroatoms. The Morgan fingerprint density at radius 3 is 2.09 bits per heavy atom. The minimum atomic E-state index is -0.906. The molecule has 0 spiro atoms. The van der Waals surface area contributed by atoms with Crippen molar-refractivity contribution in [2.45, 2.75) is 57.2 Å². The van der Waals surface area contributed by atoms with Gasteiger partial charge in [0.1, 0.15) is 17.9 Å². The van der Waals surface area contributed by atoms with Crippen LogP contribution in [0.4, 0.5) is 4.39 Å². The zero-order valence-electron chi connectivity index (χ0n) is 27.7. The molecule has 4 aromatic rings. The Bertz CT molecular complexity index is 1680. The minimum Gasteiger partial charge on any atom is -0.354 e. The van der Waals surface area contributed by atoms with Crippen molar-refractivity contribution in [3.05, 3.63) is 132 Å². The summed E-state index contributed by atoms with van der Waals surface area (Å²) in [7, 11) is 3.19. The monoisotopic (exact) mass is 636 g/mol. The number of fused-ring (bicyclic) bond motifs is 1. The van der Waals surface area contributed by atoms with Gasteiger partial charge in [-0.05, 0) is 72.4 Å². The van der Waals surface area contributed by atoms with Crippen molar-refractivity contribution in [2.24, 2.45) is 5.73 Å². The highest BCUT2D eigenvalue weighted by atomic mass is 19.1. The Labute approximate surface area is 277 Å². The molecule has 0 saturated heterocycles. The number of nitrogens with one attached hydrogen (secondary N) is 1. The van der Waals surface area contributed by atoms with Crippen molar-refractivity contribution in [3.8, 4) is 0 Å². The van der Waals surface area contributed by atoms with Crippen LogP contribution in [0.5, 0.6) is 0 Å². The highest BCUT2D eigenvalue weighted by Crippen LogP contribution is 2.20. The van der Waals surface area contributed by atoms with Gasteiger partial charge in [0, 0.05) is 39.0 Å². The summed E-state index contributed by atoms with van der Waals surface area (Å²) in [6, 6.07) is 27.8. The molecule has 47 heavy (non-hydrogen) atoms. The maximum atomic E-state index is 14.4. The molecule has 0 unspecified atom stereocenters. The summed E-state index contributed by atoms with van der Waals surface area (Å²) in [5, 5.41) is 5.08. The number of nitrogens with two attached hydrogens (primary N) is 1. The molecule has 0 fully saturated rings. The number of likely N-dealkylation sites (N-methyl/N-ethyl adjacent to an activating group) is 2. The maximum absolute atomic E-state index is 14.4. The molecule has 0 aliphatic carbocycles. The van der Waals surface area contributed by atoms with Crippen LogP contribution in [0.15, 0.2) is 109 Å². The first-order valence-corrected chi connectivity index (χ1v) is 15.9. The molecule has 0 heterocycles. The van der Waals surface area contributed by atoms with E-state index in [0.717, 1.165) is 21.9 Å². The Kier molecular flexibility index (Phi) is 12.0. The summed E-state index contributed by atoms with van der Waals surface area (Å²) in [5.74, 6) is -1.44. The van der Waals surface area contributed by atoms with Crippen molar-refractivity contribution >= 4 is 28.5 Å². The molecule has 0 bridgehead atoms. The molecule has 0 radical (unpaired) electrons. The standard InChI is InChI=1S/C39H45FN4O3/c1-39(2,41)23-10-15-36(45)43(3)35(27-30-16-19-31-13-8-9-14-32(31)25-30)38(47)44(4)34(26-29-17-20-33(40)21-18-29)37(46)42-24-22-28-11-6-5-7-12-28/h5-21,25,34-35H,22-24,26-27,41H2,1-4H3,(H,42,46)/b15-10+/t34-,35-/m1/s1. The fourth-order valence-electron chi connectivity index (χ4n) is 5.44. The van der Waals surface area contributed by atoms with E-state index in [9.17, 15) is 18.8 Å². The third-order valence-corrected chi connectivity index (χ3v) is 8.26. The summed E-state index contributed by atoms with van der Waals surface area (Å²) in [6.45, 7) is 4.13. The van der Waals surface area contributed by atoms with Crippen molar-refractivity contribution in [2.75, 3.05) is 20.6 Å². The van der Waals surface area contributed by atoms with E-state index in [1.807, 2.05) is 86.6 Å². The van der Waals surface area contributed by atoms with Crippen molar-refractivity contribution in [1.82, 2.24) is 15.1 Å². The highest BCUT2D eigenvalue weighted by Gasteiger charge is 2.35. The first kappa shape index (κ1) is 35.0. The first-order valence-electron chi connectivity index (χ1n) is 15.9. The summed E-state index contributed by atoms with van der Waals surface area (Å²) in [4.78, 5) is 44.4. The van der Waals surface area contributed by atoms with Gasteiger partial charge in [-0.15, -0.1) is 0 Å². The number of halogens is 1. The lowest BCUT2D eigenvalue weighted by Gasteiger charge is -2.34. The highest BCUT2D eigenvalue weighted by molar-refractivity contribution is 5.95. The zero-order valence-corrected chi connectivity index (χ0v) is 27.7. The van der Waals surface area contributed by atoms with Crippen LogP contribution in [0.25, 0.3) is 10.8 Å². The fraction of sp³-hybridized carbons (Fsp3) is 0.308. The average molecular weight is 637 g/mol. The first-order chi connectivity index (χ1) is 22.4. The molecule has 246 valence electrons. The van der Waals surface area contributed by atoms with Gasteiger partial charge in [0.2, 0.25) is 17.7 Å². The number of rotatable bonds is 14. The van der Waals surface area contributed by atoms with Crippen LogP contribution in [-0.2, 0) is 33.6 Å². The molecule has 7 nitrogen and oxygen atoms in total. The molecular weight excluding hydrogens is 591 g/mol. The Morgan fingerprint density at radius 2 is 1.40 bits per heavy atom. The molecule has 2 atom stereocenters. The van der Waals surface area contributed by atoms with Gasteiger partial charge >= 0.3 is 0 Å². The van der Waals surface area contributed by atoms with E-state index < -0.39 is 17.6 Å². The average Bonchev–Trinajstić information content (AvgIpc) is 3.05. The third kappa shape index (κ3) is 10.3. The summed E-state index contributed by atoms with van der Waals surface area (Å²) in [5.41, 5.74) is 8.27. The van der Waals surface area contributed by atoms with Crippen LogP contribution >= 0.6 is 0 Å². The number of nitrogens with zero attached hydrogens (tertiary/aromatic N) is 2. The van der Waals surface area contributed by atoms with Gasteiger partial charge in [-0.25, -0.2) is 4.39 Å². The molecule has 0 aliphatic rings. The van der Waals surface area contributed by atoms with Crippen molar-refractivity contribution < 1.29 is 18.8 Å². The van der Waals surface area contributed by atoms with E-state index in [0.29, 0.717) is 24.9 Å². The van der Waals surface area contributed by atoms with Crippen LogP contribution in [0.3, 0.4) is 0 Å². The number of benzene rings is 4. The van der Waals surface area contributed by atoms with E-state index in [-0.39, 0.29) is 36.4 Å². The Hall–Kier alpha value is -4.82. The van der Waals surface area contributed by atoms with Crippen LogP contribution in [-0.4, -0.2) is 65.8 Å². The lowest BCUT2D eigenvalue weighted by atomic mass is 9.98. The van der Waals surface area contributed by atoms with E-state index in [1.54, 1.807) is 32.3 Å². The third-order valence-electron chi connectivity index (χ3n) is 8.26. The van der Waals surface area contributed by atoms with Gasteiger partial charge in [-0.1, -0.05) is 91.0 Å². The maximum Gasteiger partial charge on any atom is 0.246 e. The second kappa shape index (κ2) is 16.1. The van der Waals surface area contributed by atoms with E-state index in [4.69, 9.17) is 5.73 Å². The second-order valence-corrected chi connectivity index (χ2v) is 12.8. The molecule has 0 aliphatic heterocycles. The molecule has 4 rings (SSSR count). The number of hydrogen-bond donors (Lipinski definition) is 2. The molecule has 3 amide bonds. The number of carbonyl (C=O) groups excluding carboxylic acids is 3. The minimum absolute atomic E-state index is 0.172. The summed E-state index contributed by atoms with van der Waals surface area (Å²) >= 11 is 0. The zero-order chi connectivity index (χ0) is 34.0. The number of amides is 3. The van der Waals surface area contributed by atoms with Gasteiger partial charge in [0.15, 0.2) is 0 Å². The fourth-order valence-corrected chi connectivity index (χ4v) is 5.44. The molecule has 0 aromatic heterocycles. The van der Waals surface area contributed by atoms with Gasteiger partial charge in [-0.2, -0.15) is 0 Å². The van der Waals surface area contributed by atoms with E-state index >= 15 is 0 Å². The van der Waals surface area contributed by atoms with Gasteiger partial charge in [0.25, 0.3) is 0 Å². The smallest absolute Gasteiger partial charge is 0.246 e. The van der Waals surface area contributed by atoms with E-state index in [1.165, 1.54) is 28.0 Å². The number of carbonyl (C=O) groups is 3. The SMILES string of the molecule is CN(C(=O)/C=C/CC(C)(C)N)[C@H](Cc1ccc2ccccc2c1)C(=O)N(C)[C@H](Cc1ccc(F)cc1)C(=O)NCCc1ccccc1. The van der Waals surface area contributed by atoms with Gasteiger partial charge < -0.3 is 20.9 Å². The van der Waals surface area contributed by atoms with Crippen LogP contribution in [0, 0.1) is 5.82 Å². The normalized spacial score (nSPS) is 12.9. The lowest BCUT2D eigenvalue weighted by molar-refractivity contribution is -0.146. The summed E-state index contributed by atoms with van der Waals surface area (Å²) < 4.78 is 13.7. The molecule has 3 N–H and O–H groups in total. The van der Waals surface area contributed by atoms with Gasteiger partial charge in [-0.3, -0.25) is 14.4 Å². The largest absolute Gasteiger partial charge is 0.354 e. The summed E-state index contributed by atoms with van der Waals surface area (Å²) in [6.07, 6.45) is 4.69. The predicted octanol–water partition coefficient (Wildman–Crippen LogP) is 5.46. The van der Waals surface area contributed by atoms with Crippen LogP contribution < -0.4 is 11.1 Å². The molecule has 4 aromatic carbocycles. The lowest BCUT2D eigenvalue weighted by Crippen LogP contribution is -2.56. The molecule has 0 saturated carbocycles. The van der Waals surface area contributed by atoms with Crippen molar-refractivity contribution in [3.63, 3.8) is 0 Å². The molecular formula is C39H45FN4O3. The van der Waals surface area contributed by atoms with Crippen LogP contribution in [0.1, 0.15) is 37.0 Å². The van der Waals surface area contributed by atoms with Crippen molar-refractivity contribution in [1.29, 1.82) is 0 Å². The second-order valence-electron chi connectivity index (χ2n) is 12.8.